The molecule has 2 rings (SSSR count). The fourth-order valence-electron chi connectivity index (χ4n) is 3.11. The van der Waals surface area contributed by atoms with Crippen LogP contribution in [-0.2, 0) is 5.60 Å². The van der Waals surface area contributed by atoms with Crippen molar-refractivity contribution in [1.82, 2.24) is 0 Å². The molecule has 1 saturated carbocycles. The molecule has 19 heavy (non-hydrogen) atoms. The fraction of sp³-hybridized carbons (Fsp3) is 0.625. The van der Waals surface area contributed by atoms with Crippen LogP contribution in [0.25, 0.3) is 0 Å². The molecule has 106 valence electrons. The first-order valence-corrected chi connectivity index (χ1v) is 7.02. The van der Waals surface area contributed by atoms with Crippen molar-refractivity contribution in [1.29, 1.82) is 0 Å². The van der Waals surface area contributed by atoms with Crippen molar-refractivity contribution in [3.8, 4) is 0 Å². The maximum atomic E-state index is 14.1. The predicted octanol–water partition coefficient (Wildman–Crippen LogP) is 4.31. The minimum Gasteiger partial charge on any atom is -0.385 e. The third-order valence-corrected chi connectivity index (χ3v) is 4.48. The first-order valence-electron chi connectivity index (χ1n) is 7.02. The Morgan fingerprint density at radius 1 is 1.26 bits per heavy atom. The van der Waals surface area contributed by atoms with Crippen LogP contribution in [0.3, 0.4) is 0 Å². The lowest BCUT2D eigenvalue weighted by molar-refractivity contribution is -0.0326. The van der Waals surface area contributed by atoms with Crippen LogP contribution in [0.4, 0.5) is 8.78 Å². The largest absolute Gasteiger partial charge is 0.385 e. The van der Waals surface area contributed by atoms with Gasteiger partial charge in [-0.2, -0.15) is 0 Å². The monoisotopic (exact) mass is 268 g/mol. The van der Waals surface area contributed by atoms with Crippen LogP contribution in [0.2, 0.25) is 0 Å². The molecule has 0 aromatic heterocycles. The van der Waals surface area contributed by atoms with E-state index < -0.39 is 17.2 Å². The number of aryl methyl sites for hydroxylation is 1. The van der Waals surface area contributed by atoms with Gasteiger partial charge in [-0.15, -0.1) is 0 Å². The molecule has 0 heterocycles. The van der Waals surface area contributed by atoms with E-state index >= 15 is 0 Å². The van der Waals surface area contributed by atoms with Crippen LogP contribution in [0.5, 0.6) is 0 Å². The van der Waals surface area contributed by atoms with Gasteiger partial charge in [0.05, 0.1) is 5.60 Å². The molecule has 1 nitrogen and oxygen atoms in total. The molecule has 2 atom stereocenters. The van der Waals surface area contributed by atoms with Crippen LogP contribution in [0.15, 0.2) is 12.1 Å². The Kier molecular flexibility index (Phi) is 3.95. The summed E-state index contributed by atoms with van der Waals surface area (Å²) < 4.78 is 27.8. The quantitative estimate of drug-likeness (QED) is 0.847. The van der Waals surface area contributed by atoms with Crippen molar-refractivity contribution in [3.05, 3.63) is 34.9 Å². The Morgan fingerprint density at radius 2 is 1.95 bits per heavy atom. The maximum Gasteiger partial charge on any atom is 0.165 e. The van der Waals surface area contributed by atoms with Crippen LogP contribution in [0, 0.1) is 30.4 Å². The highest BCUT2D eigenvalue weighted by atomic mass is 19.2. The number of aliphatic hydroxyl groups is 1. The van der Waals surface area contributed by atoms with E-state index in [2.05, 4.69) is 13.8 Å². The van der Waals surface area contributed by atoms with E-state index in [1.807, 2.05) is 0 Å². The van der Waals surface area contributed by atoms with Crippen LogP contribution in [0.1, 0.15) is 50.7 Å². The van der Waals surface area contributed by atoms with Crippen molar-refractivity contribution in [2.24, 2.45) is 11.8 Å². The second kappa shape index (κ2) is 5.20. The van der Waals surface area contributed by atoms with Crippen LogP contribution < -0.4 is 0 Å². The Bertz CT molecular complexity index is 470. The van der Waals surface area contributed by atoms with Gasteiger partial charge < -0.3 is 5.11 Å². The van der Waals surface area contributed by atoms with Crippen molar-refractivity contribution in [2.45, 2.75) is 52.1 Å². The number of hydrogen-bond donors (Lipinski definition) is 1. The first kappa shape index (κ1) is 14.4. The SMILES string of the molecule is Cc1ccc(C2(O)CCCC(C(C)C)C2)c(F)c1F. The van der Waals surface area contributed by atoms with Gasteiger partial charge in [0.2, 0.25) is 0 Å². The van der Waals surface area contributed by atoms with E-state index in [9.17, 15) is 13.9 Å². The van der Waals surface area contributed by atoms with Crippen molar-refractivity contribution in [3.63, 3.8) is 0 Å². The van der Waals surface area contributed by atoms with E-state index in [1.165, 1.54) is 13.0 Å². The fourth-order valence-corrected chi connectivity index (χ4v) is 3.11. The molecule has 0 spiro atoms. The molecule has 1 fully saturated rings. The van der Waals surface area contributed by atoms with Gasteiger partial charge in [-0.05, 0) is 50.0 Å². The highest BCUT2D eigenvalue weighted by molar-refractivity contribution is 5.30. The van der Waals surface area contributed by atoms with E-state index in [0.29, 0.717) is 24.7 Å². The first-order chi connectivity index (χ1) is 8.85. The van der Waals surface area contributed by atoms with Crippen LogP contribution >= 0.6 is 0 Å². The van der Waals surface area contributed by atoms with E-state index in [1.54, 1.807) is 6.07 Å². The lowest BCUT2D eigenvalue weighted by Crippen LogP contribution is -2.35. The van der Waals surface area contributed by atoms with Crippen LogP contribution in [-0.4, -0.2) is 5.11 Å². The highest BCUT2D eigenvalue weighted by Crippen LogP contribution is 2.43. The molecule has 1 aliphatic rings. The molecule has 0 aliphatic heterocycles. The van der Waals surface area contributed by atoms with E-state index in [0.717, 1.165) is 12.8 Å². The maximum absolute atomic E-state index is 14.1. The lowest BCUT2D eigenvalue weighted by atomic mass is 9.71. The average Bonchev–Trinajstić information content (AvgIpc) is 2.35. The zero-order valence-electron chi connectivity index (χ0n) is 11.8. The summed E-state index contributed by atoms with van der Waals surface area (Å²) in [4.78, 5) is 0. The number of hydrogen-bond acceptors (Lipinski definition) is 1. The molecule has 1 aromatic rings. The van der Waals surface area contributed by atoms with E-state index in [-0.39, 0.29) is 11.1 Å². The summed E-state index contributed by atoms with van der Waals surface area (Å²) in [5.41, 5.74) is -0.812. The molecule has 0 bridgehead atoms. The molecule has 2 unspecified atom stereocenters. The molecule has 3 heteroatoms. The van der Waals surface area contributed by atoms with Gasteiger partial charge in [-0.25, -0.2) is 8.78 Å². The molecule has 0 saturated heterocycles. The highest BCUT2D eigenvalue weighted by Gasteiger charge is 2.39. The second-order valence-electron chi connectivity index (χ2n) is 6.19. The normalized spacial score (nSPS) is 27.8. The van der Waals surface area contributed by atoms with Gasteiger partial charge in [0, 0.05) is 5.56 Å². The second-order valence-corrected chi connectivity index (χ2v) is 6.19. The number of rotatable bonds is 2. The summed E-state index contributed by atoms with van der Waals surface area (Å²) >= 11 is 0. The van der Waals surface area contributed by atoms with Gasteiger partial charge in [-0.3, -0.25) is 0 Å². The van der Waals surface area contributed by atoms with Crippen molar-refractivity contribution < 1.29 is 13.9 Å². The molecule has 0 amide bonds. The minimum absolute atomic E-state index is 0.126. The minimum atomic E-state index is -1.22. The van der Waals surface area contributed by atoms with Crippen molar-refractivity contribution in [2.75, 3.05) is 0 Å². The van der Waals surface area contributed by atoms with Gasteiger partial charge >= 0.3 is 0 Å². The molecule has 1 aliphatic carbocycles. The smallest absolute Gasteiger partial charge is 0.165 e. The number of benzene rings is 1. The molecule has 1 aromatic carbocycles. The molecular formula is C16H22F2O. The Labute approximate surface area is 113 Å². The average molecular weight is 268 g/mol. The zero-order valence-corrected chi connectivity index (χ0v) is 11.8. The standard InChI is InChI=1S/C16H22F2O/c1-10(2)12-5-4-8-16(19,9-12)13-7-6-11(3)14(17)15(13)18/h6-7,10,12,19H,4-5,8-9H2,1-3H3. The summed E-state index contributed by atoms with van der Waals surface area (Å²) in [6, 6.07) is 3.08. The molecule has 1 N–H and O–H groups in total. The summed E-state index contributed by atoms with van der Waals surface area (Å²) in [5, 5.41) is 10.8. The molecular weight excluding hydrogens is 246 g/mol. The summed E-state index contributed by atoms with van der Waals surface area (Å²) in [6.45, 7) is 5.76. The van der Waals surface area contributed by atoms with Gasteiger partial charge in [0.15, 0.2) is 11.6 Å². The Balaban J connectivity index is 2.37. The number of halogens is 2. The Hall–Kier alpha value is -0.960. The van der Waals surface area contributed by atoms with Gasteiger partial charge in [-0.1, -0.05) is 26.0 Å². The third kappa shape index (κ3) is 2.66. The Morgan fingerprint density at radius 3 is 2.58 bits per heavy atom. The lowest BCUT2D eigenvalue weighted by Gasteiger charge is -2.39. The van der Waals surface area contributed by atoms with Crippen molar-refractivity contribution >= 4 is 0 Å². The topological polar surface area (TPSA) is 20.2 Å². The molecule has 0 radical (unpaired) electrons. The zero-order chi connectivity index (χ0) is 14.2. The summed E-state index contributed by atoms with van der Waals surface area (Å²) in [7, 11) is 0. The van der Waals surface area contributed by atoms with E-state index in [4.69, 9.17) is 0 Å². The summed E-state index contributed by atoms with van der Waals surface area (Å²) in [5.74, 6) is -0.905. The predicted molar refractivity (Wildman–Crippen MR) is 71.8 cm³/mol. The third-order valence-electron chi connectivity index (χ3n) is 4.48. The van der Waals surface area contributed by atoms with Gasteiger partial charge in [0.1, 0.15) is 0 Å². The summed E-state index contributed by atoms with van der Waals surface area (Å²) in [6.07, 6.45) is 2.93. The van der Waals surface area contributed by atoms with Gasteiger partial charge in [0.25, 0.3) is 0 Å².